The Morgan fingerprint density at radius 3 is 2.85 bits per heavy atom. The molecule has 1 atom stereocenters. The Bertz CT molecular complexity index is 947. The molecule has 0 aromatic carbocycles. The van der Waals surface area contributed by atoms with Crippen molar-refractivity contribution >= 4 is 17.1 Å². The number of carbonyl (C=O) groups excluding carboxylic acids is 1. The van der Waals surface area contributed by atoms with Crippen molar-refractivity contribution in [1.82, 2.24) is 24.9 Å². The lowest BCUT2D eigenvalue weighted by Crippen LogP contribution is -2.42. The van der Waals surface area contributed by atoms with Crippen LogP contribution in [0.5, 0.6) is 0 Å². The summed E-state index contributed by atoms with van der Waals surface area (Å²) in [7, 11) is 0. The maximum Gasteiger partial charge on any atom is 0.292 e. The van der Waals surface area contributed by atoms with Crippen LogP contribution in [0.25, 0.3) is 5.52 Å². The molecule has 2 aliphatic heterocycles. The van der Waals surface area contributed by atoms with Gasteiger partial charge in [0.05, 0.1) is 36.7 Å². The third-order valence-corrected chi connectivity index (χ3v) is 5.20. The van der Waals surface area contributed by atoms with Crippen molar-refractivity contribution in [3.05, 3.63) is 42.0 Å². The maximum atomic E-state index is 12.5. The summed E-state index contributed by atoms with van der Waals surface area (Å²) in [5, 5.41) is 12.2. The molecule has 140 valence electrons. The average Bonchev–Trinajstić information content (AvgIpc) is 3.48. The van der Waals surface area contributed by atoms with Crippen molar-refractivity contribution in [3.63, 3.8) is 0 Å². The number of anilines is 1. The molecule has 0 radical (unpaired) electrons. The van der Waals surface area contributed by atoms with E-state index in [1.165, 1.54) is 19.0 Å². The lowest BCUT2D eigenvalue weighted by Gasteiger charge is -2.31. The summed E-state index contributed by atoms with van der Waals surface area (Å²) in [6, 6.07) is 5.71. The normalized spacial score (nSPS) is 20.5. The van der Waals surface area contributed by atoms with Crippen LogP contribution in [0.4, 0.5) is 5.69 Å². The van der Waals surface area contributed by atoms with E-state index in [0.29, 0.717) is 19.7 Å². The molecule has 0 unspecified atom stereocenters. The molecule has 0 N–H and O–H groups in total. The highest BCUT2D eigenvalue weighted by molar-refractivity contribution is 5.91. The second-order valence-electron chi connectivity index (χ2n) is 6.87. The summed E-state index contributed by atoms with van der Waals surface area (Å²) in [5.41, 5.74) is 2.80. The second-order valence-corrected chi connectivity index (χ2v) is 6.87. The van der Waals surface area contributed by atoms with Gasteiger partial charge in [0, 0.05) is 25.7 Å². The largest absolute Gasteiger partial charge is 0.370 e. The van der Waals surface area contributed by atoms with E-state index in [1.807, 2.05) is 12.3 Å². The quantitative estimate of drug-likeness (QED) is 0.693. The average molecular weight is 368 g/mol. The van der Waals surface area contributed by atoms with E-state index < -0.39 is 0 Å². The third-order valence-electron chi connectivity index (χ3n) is 5.20. The number of pyridine rings is 1. The number of rotatable bonds is 3. The lowest BCUT2D eigenvalue weighted by atomic mass is 10.1. The first-order chi connectivity index (χ1) is 13.3. The van der Waals surface area contributed by atoms with Crippen LogP contribution in [0.3, 0.4) is 0 Å². The Hall–Kier alpha value is -2.94. The van der Waals surface area contributed by atoms with Crippen LogP contribution < -0.4 is 4.90 Å². The first-order valence-corrected chi connectivity index (χ1v) is 9.21. The molecule has 0 aliphatic carbocycles. The molecule has 0 saturated carbocycles. The molecule has 2 saturated heterocycles. The van der Waals surface area contributed by atoms with E-state index >= 15 is 0 Å². The Kier molecular flexibility index (Phi) is 4.01. The van der Waals surface area contributed by atoms with Crippen molar-refractivity contribution in [2.45, 2.75) is 18.9 Å². The maximum absolute atomic E-state index is 12.5. The van der Waals surface area contributed by atoms with Gasteiger partial charge in [-0.15, -0.1) is 5.10 Å². The van der Waals surface area contributed by atoms with Crippen molar-refractivity contribution in [2.75, 3.05) is 37.7 Å². The predicted octanol–water partition coefficient (Wildman–Crippen LogP) is 1.53. The topological polar surface area (TPSA) is 89.0 Å². The number of fused-ring (bicyclic) bond motifs is 1. The summed E-state index contributed by atoms with van der Waals surface area (Å²) < 4.78 is 12.7. The van der Waals surface area contributed by atoms with E-state index in [4.69, 9.17) is 9.26 Å². The zero-order chi connectivity index (χ0) is 18.2. The Morgan fingerprint density at radius 1 is 1.15 bits per heavy atom. The third kappa shape index (κ3) is 2.93. The molecule has 0 spiro atoms. The van der Waals surface area contributed by atoms with E-state index in [1.54, 1.807) is 15.5 Å². The Morgan fingerprint density at radius 2 is 2.04 bits per heavy atom. The minimum atomic E-state index is -0.319. The van der Waals surface area contributed by atoms with Gasteiger partial charge in [-0.1, -0.05) is 10.4 Å². The number of nitrogens with zero attached hydrogens (tertiary/aromatic N) is 6. The number of aromatic nitrogens is 4. The van der Waals surface area contributed by atoms with E-state index in [9.17, 15) is 4.79 Å². The highest BCUT2D eigenvalue weighted by Crippen LogP contribution is 2.27. The molecule has 3 aromatic heterocycles. The molecule has 5 heterocycles. The summed E-state index contributed by atoms with van der Waals surface area (Å²) in [5.74, 6) is 0.0484. The van der Waals surface area contributed by atoms with Crippen LogP contribution in [-0.4, -0.2) is 63.6 Å². The Balaban J connectivity index is 1.38. The van der Waals surface area contributed by atoms with Gasteiger partial charge in [0.2, 0.25) is 5.76 Å². The number of morpholine rings is 1. The SMILES string of the molecule is O=C(c1ccno1)N1CCO[C@@H](c2nnn3cc(N4CCCC4)ccc23)C1. The van der Waals surface area contributed by atoms with Crippen LogP contribution in [0, 0.1) is 0 Å². The van der Waals surface area contributed by atoms with Crippen molar-refractivity contribution in [3.8, 4) is 0 Å². The monoisotopic (exact) mass is 368 g/mol. The molecular formula is C18H20N6O3. The van der Waals surface area contributed by atoms with Gasteiger partial charge in [-0.25, -0.2) is 4.52 Å². The van der Waals surface area contributed by atoms with E-state index in [0.717, 1.165) is 30.0 Å². The van der Waals surface area contributed by atoms with Gasteiger partial charge in [-0.05, 0) is 25.0 Å². The number of ether oxygens (including phenoxy) is 1. The minimum absolute atomic E-state index is 0.186. The fraction of sp³-hybridized carbons (Fsp3) is 0.444. The Labute approximate surface area is 155 Å². The van der Waals surface area contributed by atoms with Gasteiger partial charge in [0.15, 0.2) is 0 Å². The summed E-state index contributed by atoms with van der Waals surface area (Å²) in [4.78, 5) is 16.6. The molecule has 2 fully saturated rings. The predicted molar refractivity (Wildman–Crippen MR) is 95.5 cm³/mol. The minimum Gasteiger partial charge on any atom is -0.370 e. The second kappa shape index (κ2) is 6.66. The van der Waals surface area contributed by atoms with Gasteiger partial charge in [0.25, 0.3) is 5.91 Å². The van der Waals surface area contributed by atoms with Crippen LogP contribution in [0.2, 0.25) is 0 Å². The number of hydrogen-bond donors (Lipinski definition) is 0. The number of hydrogen-bond acceptors (Lipinski definition) is 7. The molecule has 1 amide bonds. The molecule has 0 bridgehead atoms. The highest BCUT2D eigenvalue weighted by atomic mass is 16.5. The standard InChI is InChI=1S/C18H20N6O3/c25-18(15-5-6-19-27-15)23-9-10-26-16(12-23)17-14-4-3-13(11-24(14)21-20-17)22-7-1-2-8-22/h3-6,11,16H,1-2,7-10,12H2/t16-/m1/s1. The van der Waals surface area contributed by atoms with Crippen molar-refractivity contribution in [2.24, 2.45) is 0 Å². The summed E-state index contributed by atoms with van der Waals surface area (Å²) in [6.45, 7) is 3.51. The van der Waals surface area contributed by atoms with Gasteiger partial charge < -0.3 is 19.1 Å². The van der Waals surface area contributed by atoms with Crippen LogP contribution in [-0.2, 0) is 4.74 Å². The summed E-state index contributed by atoms with van der Waals surface area (Å²) >= 11 is 0. The van der Waals surface area contributed by atoms with Crippen LogP contribution >= 0.6 is 0 Å². The lowest BCUT2D eigenvalue weighted by molar-refractivity contribution is -0.0252. The zero-order valence-electron chi connectivity index (χ0n) is 14.8. The molecule has 2 aliphatic rings. The first-order valence-electron chi connectivity index (χ1n) is 9.21. The zero-order valence-corrected chi connectivity index (χ0v) is 14.8. The molecule has 5 rings (SSSR count). The fourth-order valence-corrected chi connectivity index (χ4v) is 3.78. The number of carbonyl (C=O) groups is 1. The molecule has 3 aromatic rings. The first kappa shape index (κ1) is 16.2. The highest BCUT2D eigenvalue weighted by Gasteiger charge is 2.30. The van der Waals surface area contributed by atoms with Crippen LogP contribution in [0.1, 0.15) is 35.2 Å². The van der Waals surface area contributed by atoms with Gasteiger partial charge in [-0.2, -0.15) is 0 Å². The van der Waals surface area contributed by atoms with Gasteiger partial charge in [0.1, 0.15) is 11.8 Å². The molecule has 9 heteroatoms. The molecular weight excluding hydrogens is 348 g/mol. The van der Waals surface area contributed by atoms with Crippen molar-refractivity contribution < 1.29 is 14.1 Å². The van der Waals surface area contributed by atoms with E-state index in [2.05, 4.69) is 26.4 Å². The van der Waals surface area contributed by atoms with Gasteiger partial charge in [-0.3, -0.25) is 4.79 Å². The summed E-state index contributed by atoms with van der Waals surface area (Å²) in [6.07, 6.45) is 5.62. The molecule has 27 heavy (non-hydrogen) atoms. The van der Waals surface area contributed by atoms with Crippen LogP contribution in [0.15, 0.2) is 35.1 Å². The van der Waals surface area contributed by atoms with Gasteiger partial charge >= 0.3 is 0 Å². The molecule has 9 nitrogen and oxygen atoms in total. The van der Waals surface area contributed by atoms with Crippen molar-refractivity contribution in [1.29, 1.82) is 0 Å². The smallest absolute Gasteiger partial charge is 0.292 e. The fourth-order valence-electron chi connectivity index (χ4n) is 3.78. The number of amides is 1. The van der Waals surface area contributed by atoms with E-state index in [-0.39, 0.29) is 17.8 Å².